The van der Waals surface area contributed by atoms with Crippen molar-refractivity contribution >= 4 is 17.5 Å². The highest BCUT2D eigenvalue weighted by atomic mass is 16.2. The number of nitrogens with zero attached hydrogens (tertiary/aromatic N) is 2. The second kappa shape index (κ2) is 9.76. The van der Waals surface area contributed by atoms with Crippen molar-refractivity contribution in [2.45, 2.75) is 50.2 Å². The van der Waals surface area contributed by atoms with E-state index in [4.69, 9.17) is 0 Å². The van der Waals surface area contributed by atoms with Crippen LogP contribution in [-0.4, -0.2) is 34.3 Å². The molecule has 3 aliphatic rings. The number of hydrogen-bond acceptors (Lipinski definition) is 4. The van der Waals surface area contributed by atoms with E-state index in [2.05, 4.69) is 44.8 Å². The monoisotopic (exact) mass is 480 g/mol. The molecule has 0 bridgehead atoms. The summed E-state index contributed by atoms with van der Waals surface area (Å²) in [6.07, 6.45) is 8.38. The Bertz CT molecular complexity index is 1230. The van der Waals surface area contributed by atoms with Gasteiger partial charge in [0.2, 0.25) is 5.91 Å². The zero-order valence-electron chi connectivity index (χ0n) is 20.3. The molecule has 2 aromatic carbocycles. The molecule has 36 heavy (non-hydrogen) atoms. The highest BCUT2D eigenvalue weighted by Crippen LogP contribution is 2.51. The van der Waals surface area contributed by atoms with Crippen molar-refractivity contribution in [1.82, 2.24) is 15.2 Å². The minimum absolute atomic E-state index is 0.0209. The molecule has 2 N–H and O–H groups in total. The number of carbonyl (C=O) groups excluding carboxylic acids is 2. The summed E-state index contributed by atoms with van der Waals surface area (Å²) in [5.74, 6) is 0.170. The molecule has 2 aliphatic heterocycles. The van der Waals surface area contributed by atoms with Crippen LogP contribution in [0.5, 0.6) is 0 Å². The summed E-state index contributed by atoms with van der Waals surface area (Å²) < 4.78 is 0. The van der Waals surface area contributed by atoms with Gasteiger partial charge in [-0.05, 0) is 54.7 Å². The molecule has 1 aliphatic carbocycles. The van der Waals surface area contributed by atoms with Crippen LogP contribution < -0.4 is 10.6 Å². The van der Waals surface area contributed by atoms with Crippen LogP contribution >= 0.6 is 0 Å². The third kappa shape index (κ3) is 4.15. The van der Waals surface area contributed by atoms with Gasteiger partial charge in [-0.3, -0.25) is 14.6 Å². The summed E-state index contributed by atoms with van der Waals surface area (Å²) >= 11 is 0. The van der Waals surface area contributed by atoms with Gasteiger partial charge in [-0.1, -0.05) is 55.3 Å². The second-order valence-electron chi connectivity index (χ2n) is 10.3. The van der Waals surface area contributed by atoms with E-state index in [1.165, 1.54) is 5.56 Å². The number of para-hydroxylation sites is 1. The summed E-state index contributed by atoms with van der Waals surface area (Å²) in [5.41, 5.74) is 4.07. The van der Waals surface area contributed by atoms with Gasteiger partial charge >= 0.3 is 0 Å². The van der Waals surface area contributed by atoms with E-state index in [-0.39, 0.29) is 41.8 Å². The zero-order chi connectivity index (χ0) is 24.5. The summed E-state index contributed by atoms with van der Waals surface area (Å²) in [4.78, 5) is 33.6. The maximum absolute atomic E-state index is 14.2. The first-order valence-corrected chi connectivity index (χ1v) is 13.1. The smallest absolute Gasteiger partial charge is 0.251 e. The van der Waals surface area contributed by atoms with Gasteiger partial charge in [0.1, 0.15) is 0 Å². The quantitative estimate of drug-likeness (QED) is 0.543. The largest absolute Gasteiger partial charge is 0.378 e. The van der Waals surface area contributed by atoms with Crippen LogP contribution in [0.1, 0.15) is 65.7 Å². The van der Waals surface area contributed by atoms with Crippen LogP contribution in [0, 0.1) is 11.8 Å². The lowest BCUT2D eigenvalue weighted by molar-refractivity contribution is -0.138. The van der Waals surface area contributed by atoms with Gasteiger partial charge in [0.25, 0.3) is 5.91 Å². The van der Waals surface area contributed by atoms with Gasteiger partial charge < -0.3 is 15.5 Å². The minimum Gasteiger partial charge on any atom is -0.378 e. The first-order chi connectivity index (χ1) is 17.7. The fraction of sp³-hybridized carbons (Fsp3) is 0.367. The predicted octanol–water partition coefficient (Wildman–Crippen LogP) is 5.13. The zero-order valence-corrected chi connectivity index (χ0v) is 20.3. The molecule has 5 atom stereocenters. The van der Waals surface area contributed by atoms with E-state index < -0.39 is 0 Å². The molecule has 2 fully saturated rings. The Morgan fingerprint density at radius 3 is 2.56 bits per heavy atom. The van der Waals surface area contributed by atoms with Crippen molar-refractivity contribution in [3.8, 4) is 0 Å². The number of rotatable bonds is 4. The summed E-state index contributed by atoms with van der Waals surface area (Å²) in [6.45, 7) is 0.733. The molecule has 6 rings (SSSR count). The van der Waals surface area contributed by atoms with Crippen LogP contribution in [0.25, 0.3) is 0 Å². The van der Waals surface area contributed by atoms with Crippen LogP contribution in [0.15, 0.2) is 79.1 Å². The van der Waals surface area contributed by atoms with E-state index in [0.29, 0.717) is 5.56 Å². The van der Waals surface area contributed by atoms with Crippen LogP contribution in [0.3, 0.4) is 0 Å². The third-order valence-corrected chi connectivity index (χ3v) is 8.23. The number of fused-ring (bicyclic) bond motifs is 3. The van der Waals surface area contributed by atoms with E-state index in [0.717, 1.165) is 49.9 Å². The maximum atomic E-state index is 14.2. The molecule has 1 saturated carbocycles. The summed E-state index contributed by atoms with van der Waals surface area (Å²) in [5, 5.41) is 6.95. The molecule has 6 nitrogen and oxygen atoms in total. The van der Waals surface area contributed by atoms with Gasteiger partial charge in [0, 0.05) is 42.1 Å². The molecule has 3 aromatic rings. The van der Waals surface area contributed by atoms with Crippen molar-refractivity contribution in [3.63, 3.8) is 0 Å². The van der Waals surface area contributed by atoms with Crippen molar-refractivity contribution in [2.24, 2.45) is 11.8 Å². The molecule has 1 unspecified atom stereocenters. The Morgan fingerprint density at radius 2 is 1.72 bits per heavy atom. The number of carbonyl (C=O) groups is 2. The molecule has 2 amide bonds. The first-order valence-electron chi connectivity index (χ1n) is 13.1. The number of aromatic nitrogens is 1. The number of amides is 2. The lowest BCUT2D eigenvalue weighted by Crippen LogP contribution is -2.50. The minimum atomic E-state index is -0.191. The average Bonchev–Trinajstić information content (AvgIpc) is 3.39. The van der Waals surface area contributed by atoms with Crippen LogP contribution in [-0.2, 0) is 4.79 Å². The number of pyridine rings is 1. The molecule has 3 heterocycles. The molecule has 6 heteroatoms. The topological polar surface area (TPSA) is 74.3 Å². The summed E-state index contributed by atoms with van der Waals surface area (Å²) in [7, 11) is 0. The summed E-state index contributed by atoms with van der Waals surface area (Å²) in [6, 6.07) is 21.8. The number of benzene rings is 2. The predicted molar refractivity (Wildman–Crippen MR) is 139 cm³/mol. The molecular weight excluding hydrogens is 448 g/mol. The van der Waals surface area contributed by atoms with Gasteiger partial charge in [-0.2, -0.15) is 0 Å². The lowest BCUT2D eigenvalue weighted by Gasteiger charge is -2.42. The van der Waals surface area contributed by atoms with E-state index >= 15 is 0 Å². The number of hydrogen-bond donors (Lipinski definition) is 2. The number of anilines is 1. The fourth-order valence-corrected chi connectivity index (χ4v) is 6.52. The van der Waals surface area contributed by atoms with Gasteiger partial charge in [0.15, 0.2) is 0 Å². The molecule has 1 saturated heterocycles. The maximum Gasteiger partial charge on any atom is 0.251 e. The lowest BCUT2D eigenvalue weighted by atomic mass is 9.79. The molecule has 1 aromatic heterocycles. The molecule has 184 valence electrons. The number of likely N-dealkylation sites (tertiary alicyclic amines) is 1. The van der Waals surface area contributed by atoms with Crippen molar-refractivity contribution in [3.05, 3.63) is 95.8 Å². The Labute approximate surface area is 212 Å². The van der Waals surface area contributed by atoms with Crippen LogP contribution in [0.2, 0.25) is 0 Å². The van der Waals surface area contributed by atoms with Gasteiger partial charge in [-0.15, -0.1) is 0 Å². The average molecular weight is 481 g/mol. The van der Waals surface area contributed by atoms with Crippen molar-refractivity contribution in [1.29, 1.82) is 0 Å². The Balaban J connectivity index is 1.28. The van der Waals surface area contributed by atoms with Gasteiger partial charge in [-0.25, -0.2) is 0 Å². The van der Waals surface area contributed by atoms with E-state index in [1.54, 1.807) is 6.20 Å². The Kier molecular flexibility index (Phi) is 6.18. The highest BCUT2D eigenvalue weighted by molar-refractivity contribution is 5.94. The standard InChI is InChI=1S/C30H32N4O2/c35-29(20-9-2-1-3-10-20)33-26-15-7-5-13-23(26)30(36)34-18-16-24-27(21-11-8-17-31-19-21)32-25-14-6-4-12-22(25)28(24)34/h1-4,6,8-12,14,17,19,23-24,26-28,32H,5,7,13,15-16,18H2,(H,33,35)/t23-,24+,26?,27-,28-/m0/s1. The van der Waals surface area contributed by atoms with E-state index in [9.17, 15) is 9.59 Å². The molecular formula is C30H32N4O2. The van der Waals surface area contributed by atoms with Crippen LogP contribution in [0.4, 0.5) is 5.69 Å². The normalized spacial score (nSPS) is 26.9. The Hall–Kier alpha value is -3.67. The molecule has 0 spiro atoms. The van der Waals surface area contributed by atoms with E-state index in [1.807, 2.05) is 48.7 Å². The van der Waals surface area contributed by atoms with Gasteiger partial charge in [0.05, 0.1) is 18.0 Å². The highest BCUT2D eigenvalue weighted by Gasteiger charge is 2.48. The molecule has 0 radical (unpaired) electrons. The second-order valence-corrected chi connectivity index (χ2v) is 10.3. The first kappa shape index (κ1) is 22.8. The third-order valence-electron chi connectivity index (χ3n) is 8.23. The SMILES string of the molecule is O=C(NC1CCCC[C@@H]1C(=O)N1CC[C@@H]2[C@H](c3cccnc3)Nc3ccccc3[C@@H]21)c1ccccc1. The Morgan fingerprint density at radius 1 is 0.917 bits per heavy atom. The van der Waals surface area contributed by atoms with Crippen molar-refractivity contribution < 1.29 is 9.59 Å². The fourth-order valence-electron chi connectivity index (χ4n) is 6.52. The number of nitrogens with one attached hydrogen (secondary N) is 2. The van der Waals surface area contributed by atoms with Crippen molar-refractivity contribution in [2.75, 3.05) is 11.9 Å².